The third-order valence-electron chi connectivity index (χ3n) is 4.41. The van der Waals surface area contributed by atoms with E-state index in [1.165, 1.54) is 0 Å². The van der Waals surface area contributed by atoms with Gasteiger partial charge in [-0.3, -0.25) is 14.5 Å². The van der Waals surface area contributed by atoms with Crippen LogP contribution in [0.4, 0.5) is 0 Å². The van der Waals surface area contributed by atoms with Gasteiger partial charge in [-0.1, -0.05) is 36.4 Å². The molecule has 0 aromatic heterocycles. The molecule has 1 saturated heterocycles. The van der Waals surface area contributed by atoms with Crippen LogP contribution in [-0.4, -0.2) is 42.4 Å². The molecule has 1 aromatic carbocycles. The lowest BCUT2D eigenvalue weighted by Gasteiger charge is -2.30. The molecule has 110 valence electrons. The van der Waals surface area contributed by atoms with E-state index in [-0.39, 0.29) is 23.7 Å². The summed E-state index contributed by atoms with van der Waals surface area (Å²) in [5.41, 5.74) is 1.66. The number of benzene rings is 1. The number of ketones is 1. The van der Waals surface area contributed by atoms with Crippen molar-refractivity contribution in [3.63, 3.8) is 0 Å². The zero-order valence-electron chi connectivity index (χ0n) is 12.3. The van der Waals surface area contributed by atoms with Gasteiger partial charge in [-0.15, -0.1) is 0 Å². The van der Waals surface area contributed by atoms with Crippen molar-refractivity contribution in [3.05, 3.63) is 42.0 Å². The number of rotatable bonds is 3. The van der Waals surface area contributed by atoms with E-state index in [9.17, 15) is 9.59 Å². The van der Waals surface area contributed by atoms with Gasteiger partial charge in [0.15, 0.2) is 5.78 Å². The predicted octanol–water partition coefficient (Wildman–Crippen LogP) is 1.90. The summed E-state index contributed by atoms with van der Waals surface area (Å²) < 4.78 is 5.13. The molecule has 21 heavy (non-hydrogen) atoms. The van der Waals surface area contributed by atoms with Crippen LogP contribution in [-0.2, 0) is 14.3 Å². The van der Waals surface area contributed by atoms with Crippen molar-refractivity contribution in [1.29, 1.82) is 0 Å². The fourth-order valence-corrected chi connectivity index (χ4v) is 3.36. The van der Waals surface area contributed by atoms with Crippen LogP contribution in [0, 0.1) is 5.92 Å². The number of likely N-dealkylation sites (N-methyl/N-ethyl adjacent to an activating group) is 1. The molecule has 0 spiro atoms. The van der Waals surface area contributed by atoms with E-state index in [2.05, 4.69) is 0 Å². The average molecular weight is 285 g/mol. The number of hydrogen-bond acceptors (Lipinski definition) is 4. The van der Waals surface area contributed by atoms with Crippen molar-refractivity contribution < 1.29 is 14.3 Å². The lowest BCUT2D eigenvalue weighted by molar-refractivity contribution is -0.150. The molecular formula is C17H19NO3. The summed E-state index contributed by atoms with van der Waals surface area (Å²) in [4.78, 5) is 26.9. The quantitative estimate of drug-likeness (QED) is 0.796. The van der Waals surface area contributed by atoms with Crippen molar-refractivity contribution >= 4 is 17.3 Å². The minimum absolute atomic E-state index is 0.0236. The highest BCUT2D eigenvalue weighted by atomic mass is 16.5. The first kappa shape index (κ1) is 14.0. The fraction of sp³-hybridized carbons (Fsp3) is 0.412. The van der Waals surface area contributed by atoms with E-state index in [4.69, 9.17) is 4.74 Å². The SMILES string of the molecule is CCOC(=O)[C@@H]1C[C@@H]2C=C(c3ccccc3)C(=O)[C@@H]1N2C. The van der Waals surface area contributed by atoms with Crippen LogP contribution in [0.3, 0.4) is 0 Å². The molecule has 0 unspecified atom stereocenters. The highest BCUT2D eigenvalue weighted by molar-refractivity contribution is 6.25. The van der Waals surface area contributed by atoms with Gasteiger partial charge < -0.3 is 4.74 Å². The number of nitrogens with zero attached hydrogens (tertiary/aromatic N) is 1. The maximum absolute atomic E-state index is 12.8. The van der Waals surface area contributed by atoms with Gasteiger partial charge in [-0.05, 0) is 26.0 Å². The first-order valence-electron chi connectivity index (χ1n) is 7.33. The second-order valence-electron chi connectivity index (χ2n) is 5.58. The largest absolute Gasteiger partial charge is 0.466 e. The molecule has 3 atom stereocenters. The zero-order chi connectivity index (χ0) is 15.0. The molecule has 4 nitrogen and oxygen atoms in total. The molecule has 2 heterocycles. The summed E-state index contributed by atoms with van der Waals surface area (Å²) in [5, 5.41) is 0. The number of carbonyl (C=O) groups excluding carboxylic acids is 2. The summed E-state index contributed by atoms with van der Waals surface area (Å²) in [7, 11) is 1.91. The van der Waals surface area contributed by atoms with Crippen LogP contribution in [0.25, 0.3) is 5.57 Å². The molecule has 0 aliphatic carbocycles. The van der Waals surface area contributed by atoms with Crippen molar-refractivity contribution in [2.75, 3.05) is 13.7 Å². The molecule has 0 amide bonds. The van der Waals surface area contributed by atoms with Crippen LogP contribution in [0.1, 0.15) is 18.9 Å². The Bertz CT molecular complexity index is 593. The highest BCUT2D eigenvalue weighted by Gasteiger charge is 2.50. The lowest BCUT2D eigenvalue weighted by Crippen LogP contribution is -2.45. The van der Waals surface area contributed by atoms with Crippen molar-refractivity contribution in [3.8, 4) is 0 Å². The maximum Gasteiger partial charge on any atom is 0.311 e. The van der Waals surface area contributed by atoms with Crippen LogP contribution < -0.4 is 0 Å². The smallest absolute Gasteiger partial charge is 0.311 e. The molecule has 2 bridgehead atoms. The van der Waals surface area contributed by atoms with Crippen LogP contribution in [0.5, 0.6) is 0 Å². The zero-order valence-corrected chi connectivity index (χ0v) is 12.3. The molecule has 3 rings (SSSR count). The first-order chi connectivity index (χ1) is 10.1. The van der Waals surface area contributed by atoms with E-state index in [1.54, 1.807) is 6.92 Å². The van der Waals surface area contributed by atoms with Gasteiger partial charge >= 0.3 is 5.97 Å². The van der Waals surface area contributed by atoms with Gasteiger partial charge in [-0.2, -0.15) is 0 Å². The maximum atomic E-state index is 12.8. The number of esters is 1. The van der Waals surface area contributed by atoms with Gasteiger partial charge in [0.05, 0.1) is 18.6 Å². The number of hydrogen-bond donors (Lipinski definition) is 0. The van der Waals surface area contributed by atoms with Gasteiger partial charge in [0.25, 0.3) is 0 Å². The molecule has 2 aliphatic heterocycles. The van der Waals surface area contributed by atoms with Crippen molar-refractivity contribution in [2.24, 2.45) is 5.92 Å². The lowest BCUT2D eigenvalue weighted by atomic mass is 9.90. The molecule has 0 N–H and O–H groups in total. The summed E-state index contributed by atoms with van der Waals surface area (Å²) in [5.74, 6) is -0.590. The molecule has 1 aromatic rings. The third kappa shape index (κ3) is 2.29. The topological polar surface area (TPSA) is 46.6 Å². The highest BCUT2D eigenvalue weighted by Crippen LogP contribution is 2.39. The Morgan fingerprint density at radius 2 is 2.05 bits per heavy atom. The monoisotopic (exact) mass is 285 g/mol. The molecule has 2 aliphatic rings. The summed E-state index contributed by atoms with van der Waals surface area (Å²) in [6, 6.07) is 9.38. The Balaban J connectivity index is 1.93. The van der Waals surface area contributed by atoms with E-state index < -0.39 is 6.04 Å². The summed E-state index contributed by atoms with van der Waals surface area (Å²) >= 11 is 0. The first-order valence-corrected chi connectivity index (χ1v) is 7.33. The van der Waals surface area contributed by atoms with E-state index in [1.807, 2.05) is 48.4 Å². The van der Waals surface area contributed by atoms with Crippen molar-refractivity contribution in [2.45, 2.75) is 25.4 Å². The van der Waals surface area contributed by atoms with E-state index in [0.29, 0.717) is 13.0 Å². The van der Waals surface area contributed by atoms with Gasteiger partial charge in [-0.25, -0.2) is 0 Å². The van der Waals surface area contributed by atoms with Gasteiger partial charge in [0.1, 0.15) is 0 Å². The Hall–Kier alpha value is -1.94. The minimum Gasteiger partial charge on any atom is -0.466 e. The third-order valence-corrected chi connectivity index (χ3v) is 4.41. The second kappa shape index (κ2) is 5.45. The van der Waals surface area contributed by atoms with E-state index >= 15 is 0 Å². The standard InChI is InChI=1S/C17H19NO3/c1-3-21-17(20)14-10-12-9-13(11-7-5-4-6-8-11)16(19)15(14)18(12)2/h4-9,12,14-15H,3,10H2,1-2H3/t12-,14+,15+/m0/s1. The van der Waals surface area contributed by atoms with Gasteiger partial charge in [0.2, 0.25) is 0 Å². The number of fused-ring (bicyclic) bond motifs is 2. The molecule has 1 fully saturated rings. The summed E-state index contributed by atoms with van der Waals surface area (Å²) in [6.07, 6.45) is 2.65. The number of ether oxygens (including phenoxy) is 1. The molecule has 0 radical (unpaired) electrons. The van der Waals surface area contributed by atoms with E-state index in [0.717, 1.165) is 11.1 Å². The molecular weight excluding hydrogens is 266 g/mol. The normalized spacial score (nSPS) is 28.4. The number of carbonyl (C=O) groups is 2. The Morgan fingerprint density at radius 3 is 2.71 bits per heavy atom. The molecule has 4 heteroatoms. The Morgan fingerprint density at radius 1 is 1.33 bits per heavy atom. The minimum atomic E-state index is -0.394. The average Bonchev–Trinajstić information content (AvgIpc) is 2.72. The summed E-state index contributed by atoms with van der Waals surface area (Å²) in [6.45, 7) is 2.14. The Labute approximate surface area is 124 Å². The van der Waals surface area contributed by atoms with Crippen LogP contribution in [0.15, 0.2) is 36.4 Å². The Kier molecular flexibility index (Phi) is 3.64. The number of Topliss-reactive ketones (excluding diaryl/α,β-unsaturated/α-hetero) is 1. The molecule has 0 saturated carbocycles. The van der Waals surface area contributed by atoms with Crippen LogP contribution >= 0.6 is 0 Å². The van der Waals surface area contributed by atoms with Crippen molar-refractivity contribution in [1.82, 2.24) is 4.90 Å². The van der Waals surface area contributed by atoms with Gasteiger partial charge in [0, 0.05) is 11.6 Å². The van der Waals surface area contributed by atoms with Crippen LogP contribution in [0.2, 0.25) is 0 Å². The fourth-order valence-electron chi connectivity index (χ4n) is 3.36. The predicted molar refractivity (Wildman–Crippen MR) is 79.5 cm³/mol. The second-order valence-corrected chi connectivity index (χ2v) is 5.58.